The molecule has 0 unspecified atom stereocenters. The van der Waals surface area contributed by atoms with Gasteiger partial charge in [0.15, 0.2) is 0 Å². The molecular weight excluding hydrogens is 170 g/mol. The minimum absolute atomic E-state index is 0.205. The number of hydrogen-bond donors (Lipinski definition) is 1. The van der Waals surface area contributed by atoms with E-state index in [0.717, 1.165) is 12.3 Å². The van der Waals surface area contributed by atoms with Gasteiger partial charge in [0.2, 0.25) is 0 Å². The summed E-state index contributed by atoms with van der Waals surface area (Å²) in [6, 6.07) is 0. The highest BCUT2D eigenvalue weighted by atomic mass is 14.7. The normalized spacial score (nSPS) is 21.0. The first kappa shape index (κ1) is 14.0. The smallest absolute Gasteiger partial charge is 0.0151 e. The van der Waals surface area contributed by atoms with Crippen LogP contribution in [-0.2, 0) is 0 Å². The zero-order valence-electron chi connectivity index (χ0n) is 10.6. The molecule has 0 aromatic heterocycles. The first-order valence-corrected chi connectivity index (χ1v) is 6.29. The zero-order valence-corrected chi connectivity index (χ0v) is 10.6. The molecule has 0 amide bonds. The van der Waals surface area contributed by atoms with Crippen LogP contribution >= 0.6 is 0 Å². The van der Waals surface area contributed by atoms with Crippen molar-refractivity contribution in [1.29, 1.82) is 0 Å². The van der Waals surface area contributed by atoms with E-state index in [-0.39, 0.29) is 5.54 Å². The Balaban J connectivity index is 0.000000364. The molecule has 0 atom stereocenters. The first-order chi connectivity index (χ1) is 6.50. The number of nitrogens with two attached hydrogens (primary N) is 1. The van der Waals surface area contributed by atoms with Crippen molar-refractivity contribution in [3.63, 3.8) is 0 Å². The molecule has 0 aromatic carbocycles. The summed E-state index contributed by atoms with van der Waals surface area (Å²) in [6.45, 7) is 8.71. The van der Waals surface area contributed by atoms with E-state index in [1.54, 1.807) is 0 Å². The average molecular weight is 199 g/mol. The average Bonchev–Trinajstić information content (AvgIpc) is 2.30. The van der Waals surface area contributed by atoms with Crippen molar-refractivity contribution in [3.05, 3.63) is 0 Å². The Morgan fingerprint density at radius 2 is 1.36 bits per heavy atom. The van der Waals surface area contributed by atoms with E-state index < -0.39 is 0 Å². The van der Waals surface area contributed by atoms with Crippen LogP contribution in [0.4, 0.5) is 0 Å². The number of rotatable bonds is 1. The van der Waals surface area contributed by atoms with Crippen LogP contribution in [0.25, 0.3) is 0 Å². The minimum Gasteiger partial charge on any atom is -0.325 e. The highest BCUT2D eigenvalue weighted by molar-refractivity contribution is 4.83. The lowest BCUT2D eigenvalue weighted by Gasteiger charge is -2.25. The second kappa shape index (κ2) is 7.28. The molecule has 1 heteroatoms. The van der Waals surface area contributed by atoms with Gasteiger partial charge in [-0.25, -0.2) is 0 Å². The molecule has 0 saturated heterocycles. The summed E-state index contributed by atoms with van der Waals surface area (Å²) in [6.07, 6.45) is 9.17. The Bertz CT molecular complexity index is 118. The zero-order chi connectivity index (χ0) is 11.0. The van der Waals surface area contributed by atoms with E-state index >= 15 is 0 Å². The summed E-state index contributed by atoms with van der Waals surface area (Å²) < 4.78 is 0. The first-order valence-electron chi connectivity index (χ1n) is 6.29. The highest BCUT2D eigenvalue weighted by Crippen LogP contribution is 2.26. The van der Waals surface area contributed by atoms with Gasteiger partial charge in [-0.15, -0.1) is 0 Å². The van der Waals surface area contributed by atoms with Gasteiger partial charge >= 0.3 is 0 Å². The second-order valence-electron chi connectivity index (χ2n) is 5.36. The molecule has 1 nitrogen and oxygen atoms in total. The minimum atomic E-state index is 0.205. The molecule has 1 fully saturated rings. The third-order valence-electron chi connectivity index (χ3n) is 2.80. The Morgan fingerprint density at radius 3 is 1.64 bits per heavy atom. The lowest BCUT2D eigenvalue weighted by molar-refractivity contribution is 0.359. The fourth-order valence-corrected chi connectivity index (χ4v) is 1.79. The molecule has 1 saturated carbocycles. The molecule has 0 heterocycles. The standard InChI is InChI=1S/C9H19N.C4H10/c1-2-9(10)7-5-3-4-6-8-9;1-4(2)3/h2-8,10H2,1H3;4H,1-3H3. The summed E-state index contributed by atoms with van der Waals surface area (Å²) >= 11 is 0. The van der Waals surface area contributed by atoms with Crippen LogP contribution < -0.4 is 5.73 Å². The van der Waals surface area contributed by atoms with Gasteiger partial charge < -0.3 is 5.73 Å². The molecule has 1 rings (SSSR count). The van der Waals surface area contributed by atoms with E-state index in [0.29, 0.717) is 0 Å². The van der Waals surface area contributed by atoms with Crippen LogP contribution in [-0.4, -0.2) is 5.54 Å². The summed E-state index contributed by atoms with van der Waals surface area (Å²) in [5.74, 6) is 0.833. The van der Waals surface area contributed by atoms with Gasteiger partial charge in [0, 0.05) is 5.54 Å². The molecule has 0 aromatic rings. The van der Waals surface area contributed by atoms with Gasteiger partial charge in [-0.05, 0) is 25.2 Å². The molecule has 14 heavy (non-hydrogen) atoms. The molecule has 0 aliphatic heterocycles. The van der Waals surface area contributed by atoms with E-state index in [1.165, 1.54) is 38.5 Å². The molecule has 1 aliphatic rings. The molecule has 2 N–H and O–H groups in total. The summed E-state index contributed by atoms with van der Waals surface area (Å²) in [5, 5.41) is 0. The maximum Gasteiger partial charge on any atom is 0.0151 e. The van der Waals surface area contributed by atoms with Crippen LogP contribution in [0.3, 0.4) is 0 Å². The van der Waals surface area contributed by atoms with Gasteiger partial charge in [-0.2, -0.15) is 0 Å². The number of hydrogen-bond acceptors (Lipinski definition) is 1. The lowest BCUT2D eigenvalue weighted by atomic mass is 9.89. The van der Waals surface area contributed by atoms with Gasteiger partial charge in [0.1, 0.15) is 0 Å². The Kier molecular flexibility index (Phi) is 7.26. The van der Waals surface area contributed by atoms with Crippen LogP contribution in [0.15, 0.2) is 0 Å². The fourth-order valence-electron chi connectivity index (χ4n) is 1.79. The van der Waals surface area contributed by atoms with Crippen LogP contribution in [0.1, 0.15) is 72.6 Å². The Hall–Kier alpha value is -0.0400. The maximum atomic E-state index is 6.16. The molecule has 86 valence electrons. The van der Waals surface area contributed by atoms with Crippen molar-refractivity contribution in [2.45, 2.75) is 78.2 Å². The Morgan fingerprint density at radius 1 is 1.00 bits per heavy atom. The molecule has 0 spiro atoms. The molecular formula is C13H29N. The topological polar surface area (TPSA) is 26.0 Å². The van der Waals surface area contributed by atoms with Crippen molar-refractivity contribution in [2.24, 2.45) is 11.7 Å². The molecule has 1 aliphatic carbocycles. The van der Waals surface area contributed by atoms with Gasteiger partial charge in [0.25, 0.3) is 0 Å². The van der Waals surface area contributed by atoms with Crippen molar-refractivity contribution in [2.75, 3.05) is 0 Å². The second-order valence-corrected chi connectivity index (χ2v) is 5.36. The predicted octanol–water partition coefficient (Wildman–Crippen LogP) is 4.11. The largest absolute Gasteiger partial charge is 0.325 e. The van der Waals surface area contributed by atoms with E-state index in [1.807, 2.05) is 0 Å². The Labute approximate surface area is 90.5 Å². The summed E-state index contributed by atoms with van der Waals surface area (Å²) in [4.78, 5) is 0. The third-order valence-corrected chi connectivity index (χ3v) is 2.80. The van der Waals surface area contributed by atoms with Crippen LogP contribution in [0, 0.1) is 5.92 Å². The van der Waals surface area contributed by atoms with E-state index in [9.17, 15) is 0 Å². The van der Waals surface area contributed by atoms with Gasteiger partial charge in [0.05, 0.1) is 0 Å². The van der Waals surface area contributed by atoms with Crippen LogP contribution in [0.5, 0.6) is 0 Å². The summed E-state index contributed by atoms with van der Waals surface area (Å²) in [7, 11) is 0. The van der Waals surface area contributed by atoms with Crippen molar-refractivity contribution < 1.29 is 0 Å². The monoisotopic (exact) mass is 199 g/mol. The van der Waals surface area contributed by atoms with Crippen LogP contribution in [0.2, 0.25) is 0 Å². The summed E-state index contributed by atoms with van der Waals surface area (Å²) in [5.41, 5.74) is 6.36. The SMILES string of the molecule is CC(C)C.CCC1(N)CCCCCC1. The highest BCUT2D eigenvalue weighted by Gasteiger charge is 2.23. The fraction of sp³-hybridized carbons (Fsp3) is 1.00. The molecule has 0 radical (unpaired) electrons. The maximum absolute atomic E-state index is 6.16. The lowest BCUT2D eigenvalue weighted by Crippen LogP contribution is -2.38. The van der Waals surface area contributed by atoms with E-state index in [2.05, 4.69) is 27.7 Å². The molecule has 0 bridgehead atoms. The van der Waals surface area contributed by atoms with E-state index in [4.69, 9.17) is 5.73 Å². The van der Waals surface area contributed by atoms with Gasteiger partial charge in [-0.1, -0.05) is 53.4 Å². The predicted molar refractivity (Wildman–Crippen MR) is 65.4 cm³/mol. The van der Waals surface area contributed by atoms with Crippen molar-refractivity contribution in [3.8, 4) is 0 Å². The van der Waals surface area contributed by atoms with Crippen molar-refractivity contribution >= 4 is 0 Å². The third kappa shape index (κ3) is 7.37. The van der Waals surface area contributed by atoms with Gasteiger partial charge in [-0.3, -0.25) is 0 Å². The van der Waals surface area contributed by atoms with Crippen molar-refractivity contribution in [1.82, 2.24) is 0 Å². The quantitative estimate of drug-likeness (QED) is 0.632.